The van der Waals surface area contributed by atoms with Gasteiger partial charge in [0.2, 0.25) is 5.91 Å². The zero-order chi connectivity index (χ0) is 28.5. The molecule has 40 heavy (non-hydrogen) atoms. The summed E-state index contributed by atoms with van der Waals surface area (Å²) in [5, 5.41) is 5.95. The van der Waals surface area contributed by atoms with Crippen molar-refractivity contribution in [2.45, 2.75) is 39.2 Å². The van der Waals surface area contributed by atoms with Gasteiger partial charge < -0.3 is 20.1 Å². The van der Waals surface area contributed by atoms with E-state index in [1.807, 2.05) is 60.7 Å². The number of urea groups is 1. The number of hydrogen-bond acceptors (Lipinski definition) is 5. The summed E-state index contributed by atoms with van der Waals surface area (Å²) in [7, 11) is 1.59. The fourth-order valence-corrected chi connectivity index (χ4v) is 4.70. The van der Waals surface area contributed by atoms with Crippen LogP contribution in [-0.2, 0) is 20.7 Å². The maximum absolute atomic E-state index is 13.5. The number of benzene rings is 3. The van der Waals surface area contributed by atoms with E-state index in [2.05, 4.69) is 17.6 Å². The molecule has 3 amide bonds. The molecule has 3 aromatic rings. The van der Waals surface area contributed by atoms with Gasteiger partial charge in [-0.1, -0.05) is 67.9 Å². The largest absolute Gasteiger partial charge is 0.497 e. The topological polar surface area (TPSA) is 97.0 Å². The van der Waals surface area contributed by atoms with Crippen molar-refractivity contribution in [2.75, 3.05) is 25.6 Å². The van der Waals surface area contributed by atoms with Gasteiger partial charge in [0.25, 0.3) is 0 Å². The lowest BCUT2D eigenvalue weighted by molar-refractivity contribution is -0.139. The van der Waals surface area contributed by atoms with E-state index in [1.165, 1.54) is 0 Å². The van der Waals surface area contributed by atoms with Crippen LogP contribution in [0.25, 0.3) is 5.70 Å². The molecule has 208 valence electrons. The number of carbonyl (C=O) groups excluding carboxylic acids is 3. The Balaban J connectivity index is 1.69. The van der Waals surface area contributed by atoms with Crippen molar-refractivity contribution in [1.82, 2.24) is 10.2 Å². The van der Waals surface area contributed by atoms with Gasteiger partial charge in [-0.25, -0.2) is 9.59 Å². The van der Waals surface area contributed by atoms with Crippen molar-refractivity contribution < 1.29 is 23.9 Å². The first kappa shape index (κ1) is 28.4. The highest BCUT2D eigenvalue weighted by atomic mass is 16.5. The number of nitrogens with zero attached hydrogens (tertiary/aromatic N) is 1. The number of nitrogens with one attached hydrogen (secondary N) is 2. The van der Waals surface area contributed by atoms with Crippen molar-refractivity contribution in [3.8, 4) is 5.75 Å². The molecule has 0 saturated carbocycles. The summed E-state index contributed by atoms with van der Waals surface area (Å²) in [4.78, 5) is 41.4. The third-order valence-corrected chi connectivity index (χ3v) is 6.63. The lowest BCUT2D eigenvalue weighted by atomic mass is 9.91. The highest BCUT2D eigenvalue weighted by Gasteiger charge is 2.38. The zero-order valence-corrected chi connectivity index (χ0v) is 23.1. The number of ether oxygens (including phenoxy) is 2. The van der Waals surface area contributed by atoms with Crippen LogP contribution in [0.4, 0.5) is 10.5 Å². The molecule has 1 atom stereocenters. The standard InChI is InChI=1S/C32H35N3O5/c1-4-6-19-35-30(23-11-8-7-9-12-23)28(31(37)40-5-2)29(34-32(35)38)24-13-10-14-25(21-24)33-27(36)20-22-15-17-26(39-3)18-16-22/h7-18,21,29H,4-6,19-20H2,1-3H3,(H,33,36)(H,34,38). The van der Waals surface area contributed by atoms with Gasteiger partial charge in [0.05, 0.1) is 37.4 Å². The molecule has 8 heteroatoms. The van der Waals surface area contributed by atoms with E-state index < -0.39 is 12.0 Å². The Kier molecular flexibility index (Phi) is 9.57. The second-order valence-electron chi connectivity index (χ2n) is 9.43. The van der Waals surface area contributed by atoms with E-state index in [0.29, 0.717) is 29.1 Å². The van der Waals surface area contributed by atoms with Gasteiger partial charge in [-0.3, -0.25) is 9.69 Å². The summed E-state index contributed by atoms with van der Waals surface area (Å²) in [5.41, 5.74) is 3.71. The first-order valence-corrected chi connectivity index (χ1v) is 13.5. The minimum Gasteiger partial charge on any atom is -0.497 e. The van der Waals surface area contributed by atoms with Crippen LogP contribution in [0.5, 0.6) is 5.75 Å². The second-order valence-corrected chi connectivity index (χ2v) is 9.43. The summed E-state index contributed by atoms with van der Waals surface area (Å²) in [6.45, 7) is 4.47. The molecule has 0 radical (unpaired) electrons. The molecule has 1 aliphatic heterocycles. The number of rotatable bonds is 11. The average Bonchev–Trinajstić information content (AvgIpc) is 2.97. The van der Waals surface area contributed by atoms with Crippen molar-refractivity contribution >= 4 is 29.3 Å². The minimum absolute atomic E-state index is 0.187. The number of methoxy groups -OCH3 is 1. The van der Waals surface area contributed by atoms with Crippen LogP contribution in [0.1, 0.15) is 49.4 Å². The molecule has 1 aliphatic rings. The number of carbonyl (C=O) groups is 3. The van der Waals surface area contributed by atoms with Gasteiger partial charge in [-0.2, -0.15) is 0 Å². The zero-order valence-electron chi connectivity index (χ0n) is 23.1. The molecule has 0 fully saturated rings. The molecular formula is C32H35N3O5. The van der Waals surface area contributed by atoms with Crippen LogP contribution in [0.2, 0.25) is 0 Å². The Morgan fingerprint density at radius 3 is 2.40 bits per heavy atom. The van der Waals surface area contributed by atoms with E-state index in [1.54, 1.807) is 37.1 Å². The fraction of sp³-hybridized carbons (Fsp3) is 0.281. The summed E-state index contributed by atoms with van der Waals surface area (Å²) >= 11 is 0. The normalized spacial score (nSPS) is 14.9. The first-order valence-electron chi connectivity index (χ1n) is 13.5. The summed E-state index contributed by atoms with van der Waals surface area (Å²) in [6.07, 6.45) is 1.86. The third-order valence-electron chi connectivity index (χ3n) is 6.63. The van der Waals surface area contributed by atoms with Gasteiger partial charge in [0, 0.05) is 12.2 Å². The molecule has 0 aromatic heterocycles. The summed E-state index contributed by atoms with van der Waals surface area (Å²) in [5.74, 6) is 0.0358. The lowest BCUT2D eigenvalue weighted by Gasteiger charge is -2.37. The Hall–Kier alpha value is -4.59. The van der Waals surface area contributed by atoms with Gasteiger partial charge in [0.15, 0.2) is 0 Å². The van der Waals surface area contributed by atoms with Crippen molar-refractivity contribution in [1.29, 1.82) is 0 Å². The molecule has 4 rings (SSSR count). The smallest absolute Gasteiger partial charge is 0.338 e. The maximum Gasteiger partial charge on any atom is 0.338 e. The minimum atomic E-state index is -0.766. The van der Waals surface area contributed by atoms with Gasteiger partial charge in [0.1, 0.15) is 5.75 Å². The highest BCUT2D eigenvalue weighted by Crippen LogP contribution is 2.37. The summed E-state index contributed by atoms with van der Waals surface area (Å²) in [6, 6.07) is 22.9. The van der Waals surface area contributed by atoms with Gasteiger partial charge >= 0.3 is 12.0 Å². The maximum atomic E-state index is 13.5. The molecule has 0 bridgehead atoms. The van der Waals surface area contributed by atoms with E-state index >= 15 is 0 Å². The van der Waals surface area contributed by atoms with Crippen LogP contribution >= 0.6 is 0 Å². The number of anilines is 1. The average molecular weight is 542 g/mol. The Morgan fingerprint density at radius 2 is 1.73 bits per heavy atom. The molecule has 0 saturated heterocycles. The number of unbranched alkanes of at least 4 members (excludes halogenated alkanes) is 1. The van der Waals surface area contributed by atoms with E-state index in [-0.39, 0.29) is 25.0 Å². The summed E-state index contributed by atoms with van der Waals surface area (Å²) < 4.78 is 10.7. The van der Waals surface area contributed by atoms with Crippen LogP contribution < -0.4 is 15.4 Å². The molecule has 8 nitrogen and oxygen atoms in total. The lowest BCUT2D eigenvalue weighted by Crippen LogP contribution is -2.48. The van der Waals surface area contributed by atoms with Crippen molar-refractivity contribution in [3.05, 3.63) is 101 Å². The quantitative estimate of drug-likeness (QED) is 0.303. The van der Waals surface area contributed by atoms with E-state index in [9.17, 15) is 14.4 Å². The van der Waals surface area contributed by atoms with Gasteiger partial charge in [-0.05, 0) is 54.3 Å². The Morgan fingerprint density at radius 1 is 0.975 bits per heavy atom. The van der Waals surface area contributed by atoms with Gasteiger partial charge in [-0.15, -0.1) is 0 Å². The van der Waals surface area contributed by atoms with Crippen LogP contribution in [0.3, 0.4) is 0 Å². The molecule has 3 aromatic carbocycles. The first-order chi connectivity index (χ1) is 19.4. The monoisotopic (exact) mass is 541 g/mol. The van der Waals surface area contributed by atoms with E-state index in [4.69, 9.17) is 9.47 Å². The highest BCUT2D eigenvalue weighted by molar-refractivity contribution is 6.04. The Labute approximate surface area is 235 Å². The molecule has 0 aliphatic carbocycles. The SMILES string of the molecule is CCCCN1C(=O)NC(c2cccc(NC(=O)Cc3ccc(OC)cc3)c2)C(C(=O)OCC)=C1c1ccccc1. The molecule has 2 N–H and O–H groups in total. The predicted molar refractivity (Wildman–Crippen MR) is 155 cm³/mol. The van der Waals surface area contributed by atoms with Crippen LogP contribution in [0, 0.1) is 0 Å². The number of hydrogen-bond donors (Lipinski definition) is 2. The molecule has 0 spiro atoms. The Bertz CT molecular complexity index is 1370. The number of esters is 1. The van der Waals surface area contributed by atoms with Crippen molar-refractivity contribution in [2.24, 2.45) is 0 Å². The molecule has 1 unspecified atom stereocenters. The van der Waals surface area contributed by atoms with Crippen molar-refractivity contribution in [3.63, 3.8) is 0 Å². The van der Waals surface area contributed by atoms with E-state index in [0.717, 1.165) is 29.7 Å². The molecular weight excluding hydrogens is 506 g/mol. The second kappa shape index (κ2) is 13.5. The number of amides is 3. The van der Waals surface area contributed by atoms with Crippen LogP contribution in [0.15, 0.2) is 84.4 Å². The predicted octanol–water partition coefficient (Wildman–Crippen LogP) is 5.72. The molecule has 1 heterocycles. The van der Waals surface area contributed by atoms with Crippen LogP contribution in [-0.4, -0.2) is 43.1 Å². The third kappa shape index (κ3) is 6.69. The fourth-order valence-electron chi connectivity index (χ4n) is 4.70.